The normalized spacial score (nSPS) is 16.0. The molecule has 1 atom stereocenters. The maximum atomic E-state index is 12.7. The van der Waals surface area contributed by atoms with Crippen LogP contribution in [0.15, 0.2) is 49.3 Å². The highest BCUT2D eigenvalue weighted by Crippen LogP contribution is 2.18. The number of carbonyl (C=O) groups is 2. The van der Waals surface area contributed by atoms with Crippen molar-refractivity contribution in [2.45, 2.75) is 25.8 Å². The number of amides is 2. The van der Waals surface area contributed by atoms with E-state index in [1.807, 2.05) is 17.3 Å². The molecule has 0 aliphatic carbocycles. The molecule has 0 unspecified atom stereocenters. The summed E-state index contributed by atoms with van der Waals surface area (Å²) in [5.74, 6) is 0.286. The number of benzene rings is 1. The molecule has 1 aromatic heterocycles. The van der Waals surface area contributed by atoms with E-state index in [0.717, 1.165) is 18.4 Å². The summed E-state index contributed by atoms with van der Waals surface area (Å²) in [4.78, 5) is 34.4. The molecule has 2 N–H and O–H groups in total. The lowest BCUT2D eigenvalue weighted by atomic mass is 10.2. The molecule has 1 aromatic carbocycles. The average molecular weight is 365 g/mol. The number of aryl methyl sites for hydroxylation is 1. The minimum Gasteiger partial charge on any atom is -0.350 e. The zero-order valence-corrected chi connectivity index (χ0v) is 15.3. The first-order valence-electron chi connectivity index (χ1n) is 8.99. The van der Waals surface area contributed by atoms with Crippen molar-refractivity contribution in [1.29, 1.82) is 0 Å². The molecule has 27 heavy (non-hydrogen) atoms. The van der Waals surface area contributed by atoms with Crippen LogP contribution in [-0.2, 0) is 11.2 Å². The van der Waals surface area contributed by atoms with Crippen molar-refractivity contribution in [2.75, 3.05) is 23.7 Å². The molecule has 140 valence electrons. The molecule has 2 amide bonds. The van der Waals surface area contributed by atoms with Crippen molar-refractivity contribution in [3.05, 3.63) is 60.4 Å². The fourth-order valence-electron chi connectivity index (χ4n) is 2.93. The summed E-state index contributed by atoms with van der Waals surface area (Å²) < 4.78 is 0. The Balaban J connectivity index is 1.56. The quantitative estimate of drug-likeness (QED) is 0.768. The molecular formula is C20H23N5O2. The second-order valence-corrected chi connectivity index (χ2v) is 6.42. The molecule has 3 rings (SSSR count). The molecule has 1 saturated heterocycles. The Morgan fingerprint density at radius 3 is 2.59 bits per heavy atom. The second-order valence-electron chi connectivity index (χ2n) is 6.42. The second kappa shape index (κ2) is 8.44. The van der Waals surface area contributed by atoms with Crippen LogP contribution >= 0.6 is 0 Å². The highest BCUT2D eigenvalue weighted by molar-refractivity contribution is 5.99. The maximum absolute atomic E-state index is 12.7. The van der Waals surface area contributed by atoms with E-state index in [1.165, 1.54) is 6.08 Å². The average Bonchev–Trinajstić information content (AvgIpc) is 3.17. The molecule has 1 fully saturated rings. The first kappa shape index (κ1) is 18.6. The maximum Gasteiger partial charge on any atom is 0.253 e. The lowest BCUT2D eigenvalue weighted by molar-refractivity contribution is -0.111. The summed E-state index contributed by atoms with van der Waals surface area (Å²) in [7, 11) is 0. The van der Waals surface area contributed by atoms with Crippen LogP contribution < -0.4 is 10.6 Å². The number of carbonyl (C=O) groups excluding carboxylic acids is 2. The van der Waals surface area contributed by atoms with Crippen LogP contribution in [0.2, 0.25) is 0 Å². The topological polar surface area (TPSA) is 87.2 Å². The fraction of sp³-hybridized carbons (Fsp3) is 0.300. The lowest BCUT2D eigenvalue weighted by Crippen LogP contribution is -2.31. The molecule has 0 bridgehead atoms. The van der Waals surface area contributed by atoms with E-state index in [4.69, 9.17) is 0 Å². The molecule has 7 heteroatoms. The van der Waals surface area contributed by atoms with Gasteiger partial charge in [-0.05, 0) is 48.7 Å². The van der Waals surface area contributed by atoms with Gasteiger partial charge in [0, 0.05) is 42.8 Å². The summed E-state index contributed by atoms with van der Waals surface area (Å²) in [5.41, 5.74) is 2.32. The molecule has 2 heterocycles. The van der Waals surface area contributed by atoms with E-state index in [9.17, 15) is 9.59 Å². The van der Waals surface area contributed by atoms with Crippen molar-refractivity contribution in [3.8, 4) is 0 Å². The van der Waals surface area contributed by atoms with Crippen LogP contribution in [0.3, 0.4) is 0 Å². The van der Waals surface area contributed by atoms with Crippen LogP contribution in [-0.4, -0.2) is 45.8 Å². The van der Waals surface area contributed by atoms with Gasteiger partial charge in [-0.3, -0.25) is 9.59 Å². The molecule has 0 spiro atoms. The zero-order valence-electron chi connectivity index (χ0n) is 15.3. The molecule has 0 saturated carbocycles. The predicted molar refractivity (Wildman–Crippen MR) is 105 cm³/mol. The predicted octanol–water partition coefficient (Wildman–Crippen LogP) is 2.49. The Kier molecular flexibility index (Phi) is 5.80. The van der Waals surface area contributed by atoms with Gasteiger partial charge in [-0.15, -0.1) is 0 Å². The Morgan fingerprint density at radius 1 is 1.26 bits per heavy atom. The minimum absolute atomic E-state index is 0.0249. The molecule has 1 aliphatic rings. The van der Waals surface area contributed by atoms with Crippen LogP contribution in [0.1, 0.15) is 29.3 Å². The van der Waals surface area contributed by atoms with Gasteiger partial charge < -0.3 is 15.5 Å². The van der Waals surface area contributed by atoms with Gasteiger partial charge in [0.1, 0.15) is 0 Å². The van der Waals surface area contributed by atoms with Gasteiger partial charge in [-0.2, -0.15) is 0 Å². The summed E-state index contributed by atoms with van der Waals surface area (Å²) in [6.45, 7) is 6.76. The Morgan fingerprint density at radius 2 is 1.96 bits per heavy atom. The SMILES string of the molecule is C=CC(=O)Nc1ccc(C(=O)N2CC[C@@H](Nc3ncc(CC)cn3)C2)cc1. The van der Waals surface area contributed by atoms with Gasteiger partial charge in [-0.25, -0.2) is 9.97 Å². The fourth-order valence-corrected chi connectivity index (χ4v) is 2.93. The number of anilines is 2. The van der Waals surface area contributed by atoms with Crippen molar-refractivity contribution in [2.24, 2.45) is 0 Å². The molecular weight excluding hydrogens is 342 g/mol. The van der Waals surface area contributed by atoms with Crippen LogP contribution in [0.25, 0.3) is 0 Å². The number of rotatable bonds is 6. The highest BCUT2D eigenvalue weighted by atomic mass is 16.2. The number of hydrogen-bond acceptors (Lipinski definition) is 5. The first-order chi connectivity index (χ1) is 13.1. The Hall–Kier alpha value is -3.22. The van der Waals surface area contributed by atoms with E-state index in [2.05, 4.69) is 34.1 Å². The van der Waals surface area contributed by atoms with E-state index in [-0.39, 0.29) is 17.9 Å². The first-order valence-corrected chi connectivity index (χ1v) is 8.99. The summed E-state index contributed by atoms with van der Waals surface area (Å²) in [6, 6.07) is 6.99. The Labute approximate surface area is 158 Å². The zero-order chi connectivity index (χ0) is 19.2. The molecule has 7 nitrogen and oxygen atoms in total. The largest absolute Gasteiger partial charge is 0.350 e. The standard InChI is InChI=1S/C20H23N5O2/c1-3-14-11-21-20(22-12-14)24-17-9-10-25(13-17)19(27)15-5-7-16(8-6-15)23-18(26)4-2/h4-8,11-12,17H,2-3,9-10,13H2,1H3,(H,23,26)(H,21,22,24)/t17-/m1/s1. The van der Waals surface area contributed by atoms with Crippen molar-refractivity contribution in [1.82, 2.24) is 14.9 Å². The minimum atomic E-state index is -0.281. The van der Waals surface area contributed by atoms with E-state index < -0.39 is 0 Å². The third-order valence-electron chi connectivity index (χ3n) is 4.51. The van der Waals surface area contributed by atoms with Gasteiger partial charge in [-0.1, -0.05) is 13.5 Å². The highest BCUT2D eigenvalue weighted by Gasteiger charge is 2.27. The number of aromatic nitrogens is 2. The van der Waals surface area contributed by atoms with Gasteiger partial charge >= 0.3 is 0 Å². The molecule has 0 radical (unpaired) electrons. The number of hydrogen-bond donors (Lipinski definition) is 2. The molecule has 1 aliphatic heterocycles. The van der Waals surface area contributed by atoms with Crippen LogP contribution in [0, 0.1) is 0 Å². The van der Waals surface area contributed by atoms with Crippen molar-refractivity contribution >= 4 is 23.5 Å². The summed E-state index contributed by atoms with van der Waals surface area (Å²) in [6.07, 6.45) is 6.59. The van der Waals surface area contributed by atoms with Crippen LogP contribution in [0.5, 0.6) is 0 Å². The Bertz CT molecular complexity index is 817. The van der Waals surface area contributed by atoms with Crippen molar-refractivity contribution in [3.63, 3.8) is 0 Å². The summed E-state index contributed by atoms with van der Waals surface area (Å²) >= 11 is 0. The third-order valence-corrected chi connectivity index (χ3v) is 4.51. The van der Waals surface area contributed by atoms with Gasteiger partial charge in [0.05, 0.1) is 0 Å². The lowest BCUT2D eigenvalue weighted by Gasteiger charge is -2.17. The number of nitrogens with zero attached hydrogens (tertiary/aromatic N) is 3. The van der Waals surface area contributed by atoms with E-state index >= 15 is 0 Å². The summed E-state index contributed by atoms with van der Waals surface area (Å²) in [5, 5.41) is 5.96. The number of nitrogens with one attached hydrogen (secondary N) is 2. The number of likely N-dealkylation sites (tertiary alicyclic amines) is 1. The molecule has 2 aromatic rings. The van der Waals surface area contributed by atoms with Crippen molar-refractivity contribution < 1.29 is 9.59 Å². The van der Waals surface area contributed by atoms with Gasteiger partial charge in [0.2, 0.25) is 11.9 Å². The van der Waals surface area contributed by atoms with E-state index in [1.54, 1.807) is 24.3 Å². The van der Waals surface area contributed by atoms with Gasteiger partial charge in [0.15, 0.2) is 0 Å². The van der Waals surface area contributed by atoms with Crippen LogP contribution in [0.4, 0.5) is 11.6 Å². The monoisotopic (exact) mass is 365 g/mol. The van der Waals surface area contributed by atoms with Gasteiger partial charge in [0.25, 0.3) is 5.91 Å². The van der Waals surface area contributed by atoms with E-state index in [0.29, 0.717) is 30.3 Å². The third kappa shape index (κ3) is 4.69. The smallest absolute Gasteiger partial charge is 0.253 e.